The molecule has 1 aliphatic heterocycles. The van der Waals surface area contributed by atoms with Crippen molar-refractivity contribution in [3.63, 3.8) is 0 Å². The fraction of sp³-hybridized carbons (Fsp3) is 0.318. The van der Waals surface area contributed by atoms with Gasteiger partial charge in [-0.2, -0.15) is 18.3 Å². The molecule has 164 valence electrons. The largest absolute Gasteiger partial charge is 0.497 e. The second-order valence-corrected chi connectivity index (χ2v) is 7.67. The Balaban J connectivity index is 1.97. The lowest BCUT2D eigenvalue weighted by molar-refractivity contribution is -0.137. The molecule has 1 aliphatic rings. The summed E-state index contributed by atoms with van der Waals surface area (Å²) in [6, 6.07) is 9.04. The van der Waals surface area contributed by atoms with Gasteiger partial charge in [-0.15, -0.1) is 0 Å². The number of rotatable bonds is 4. The van der Waals surface area contributed by atoms with Crippen LogP contribution >= 0.6 is 11.6 Å². The maximum atomic E-state index is 13.8. The highest BCUT2D eigenvalue weighted by Crippen LogP contribution is 2.40. The molecule has 0 bridgehead atoms. The Kier molecular flexibility index (Phi) is 5.75. The van der Waals surface area contributed by atoms with Gasteiger partial charge in [0, 0.05) is 28.8 Å². The van der Waals surface area contributed by atoms with Crippen LogP contribution in [0, 0.1) is 0 Å². The van der Waals surface area contributed by atoms with Crippen LogP contribution in [0.1, 0.15) is 24.0 Å². The number of ether oxygens (including phenoxy) is 2. The summed E-state index contributed by atoms with van der Waals surface area (Å²) in [6.45, 7) is 0.647. The maximum absolute atomic E-state index is 13.8. The van der Waals surface area contributed by atoms with E-state index in [0.29, 0.717) is 41.5 Å². The molecule has 1 N–H and O–H groups in total. The first-order valence-corrected chi connectivity index (χ1v) is 10.2. The number of methoxy groups -OCH3 is 2. The number of halogens is 4. The Bertz CT molecular complexity index is 1090. The third-order valence-corrected chi connectivity index (χ3v) is 5.48. The molecular formula is C22H21ClF3N3O2. The van der Waals surface area contributed by atoms with Crippen LogP contribution in [0.25, 0.3) is 16.9 Å². The van der Waals surface area contributed by atoms with E-state index in [1.54, 1.807) is 32.4 Å². The Morgan fingerprint density at radius 3 is 2.39 bits per heavy atom. The fourth-order valence-corrected chi connectivity index (χ4v) is 3.94. The lowest BCUT2D eigenvalue weighted by atomic mass is 10.0. The summed E-state index contributed by atoms with van der Waals surface area (Å²) in [5, 5.41) is 7.91. The molecule has 0 aliphatic carbocycles. The van der Waals surface area contributed by atoms with Crippen molar-refractivity contribution in [2.24, 2.45) is 0 Å². The first-order valence-electron chi connectivity index (χ1n) is 9.78. The van der Waals surface area contributed by atoms with Gasteiger partial charge in [-0.25, -0.2) is 4.68 Å². The van der Waals surface area contributed by atoms with Crippen LogP contribution < -0.4 is 14.8 Å². The molecule has 0 fully saturated rings. The molecule has 0 amide bonds. The number of hydrogen-bond acceptors (Lipinski definition) is 4. The highest BCUT2D eigenvalue weighted by atomic mass is 35.5. The van der Waals surface area contributed by atoms with Crippen molar-refractivity contribution in [2.45, 2.75) is 25.4 Å². The molecule has 0 unspecified atom stereocenters. The predicted octanol–water partition coefficient (Wildman–Crippen LogP) is 5.98. The van der Waals surface area contributed by atoms with Crippen molar-refractivity contribution in [3.8, 4) is 28.4 Å². The molecule has 4 rings (SSSR count). The van der Waals surface area contributed by atoms with Gasteiger partial charge in [-0.3, -0.25) is 0 Å². The normalized spacial score (nSPS) is 13.9. The second kappa shape index (κ2) is 8.34. The highest BCUT2D eigenvalue weighted by molar-refractivity contribution is 6.30. The van der Waals surface area contributed by atoms with Crippen molar-refractivity contribution in [3.05, 3.63) is 52.5 Å². The van der Waals surface area contributed by atoms with E-state index in [-0.39, 0.29) is 10.7 Å². The van der Waals surface area contributed by atoms with Gasteiger partial charge in [0.05, 0.1) is 31.2 Å². The maximum Gasteiger partial charge on any atom is 0.418 e. The summed E-state index contributed by atoms with van der Waals surface area (Å²) in [6.07, 6.45) is -2.09. The molecule has 9 heteroatoms. The smallest absolute Gasteiger partial charge is 0.418 e. The van der Waals surface area contributed by atoms with Crippen molar-refractivity contribution in [1.29, 1.82) is 0 Å². The van der Waals surface area contributed by atoms with Crippen molar-refractivity contribution >= 4 is 17.4 Å². The van der Waals surface area contributed by atoms with E-state index in [0.717, 1.165) is 24.5 Å². The molecule has 0 spiro atoms. The Hall–Kier alpha value is -2.87. The number of nitrogens with zero attached hydrogens (tertiary/aromatic N) is 2. The molecule has 0 atom stereocenters. The lowest BCUT2D eigenvalue weighted by Gasteiger charge is -2.16. The fourth-order valence-electron chi connectivity index (χ4n) is 3.77. The van der Waals surface area contributed by atoms with Crippen LogP contribution in [0.4, 0.5) is 19.0 Å². The van der Waals surface area contributed by atoms with Crippen LogP contribution in [-0.2, 0) is 12.6 Å². The van der Waals surface area contributed by atoms with E-state index in [4.69, 9.17) is 21.1 Å². The zero-order chi connectivity index (χ0) is 22.2. The van der Waals surface area contributed by atoms with E-state index < -0.39 is 11.7 Å². The number of nitrogens with one attached hydrogen (secondary N) is 1. The summed E-state index contributed by atoms with van der Waals surface area (Å²) in [5.41, 5.74) is 1.23. The minimum absolute atomic E-state index is 0.0139. The van der Waals surface area contributed by atoms with Crippen LogP contribution in [0.15, 0.2) is 36.4 Å². The zero-order valence-electron chi connectivity index (χ0n) is 17.0. The average Bonchev–Trinajstić information content (AvgIpc) is 2.93. The van der Waals surface area contributed by atoms with Crippen molar-refractivity contribution < 1.29 is 22.6 Å². The minimum atomic E-state index is -4.58. The first-order chi connectivity index (χ1) is 14.8. The summed E-state index contributed by atoms with van der Waals surface area (Å²) in [5.74, 6) is 1.70. The quantitative estimate of drug-likeness (QED) is 0.530. The molecule has 0 radical (unpaired) electrons. The lowest BCUT2D eigenvalue weighted by Crippen LogP contribution is -2.14. The third-order valence-electron chi connectivity index (χ3n) is 5.25. The molecule has 5 nitrogen and oxygen atoms in total. The third kappa shape index (κ3) is 4.17. The number of aromatic nitrogens is 2. The first kappa shape index (κ1) is 21.4. The van der Waals surface area contributed by atoms with Gasteiger partial charge in [0.2, 0.25) is 0 Å². The summed E-state index contributed by atoms with van der Waals surface area (Å²) in [7, 11) is 3.09. The van der Waals surface area contributed by atoms with Gasteiger partial charge in [0.15, 0.2) is 0 Å². The molecule has 0 saturated carbocycles. The number of anilines is 1. The van der Waals surface area contributed by atoms with E-state index in [9.17, 15) is 13.2 Å². The van der Waals surface area contributed by atoms with Crippen molar-refractivity contribution in [2.75, 3.05) is 26.1 Å². The van der Waals surface area contributed by atoms with Gasteiger partial charge >= 0.3 is 6.18 Å². The van der Waals surface area contributed by atoms with Gasteiger partial charge in [0.1, 0.15) is 17.3 Å². The summed E-state index contributed by atoms with van der Waals surface area (Å²) >= 11 is 5.87. The van der Waals surface area contributed by atoms with Crippen LogP contribution in [0.5, 0.6) is 11.5 Å². The molecular weight excluding hydrogens is 431 g/mol. The monoisotopic (exact) mass is 451 g/mol. The molecule has 0 saturated heterocycles. The van der Waals surface area contributed by atoms with Crippen molar-refractivity contribution in [1.82, 2.24) is 9.78 Å². The Morgan fingerprint density at radius 2 is 1.74 bits per heavy atom. The Morgan fingerprint density at radius 1 is 1.03 bits per heavy atom. The average molecular weight is 452 g/mol. The van der Waals surface area contributed by atoms with Gasteiger partial charge in [0.25, 0.3) is 0 Å². The number of fused-ring (bicyclic) bond motifs is 1. The number of benzene rings is 2. The highest BCUT2D eigenvalue weighted by Gasteiger charge is 2.36. The number of alkyl halides is 3. The molecule has 1 aromatic heterocycles. The van der Waals surface area contributed by atoms with Crippen LogP contribution in [0.3, 0.4) is 0 Å². The van der Waals surface area contributed by atoms with Crippen LogP contribution in [0.2, 0.25) is 5.02 Å². The van der Waals surface area contributed by atoms with Gasteiger partial charge < -0.3 is 14.8 Å². The topological polar surface area (TPSA) is 48.3 Å². The molecule has 2 aromatic carbocycles. The second-order valence-electron chi connectivity index (χ2n) is 7.23. The van der Waals surface area contributed by atoms with Gasteiger partial charge in [-0.05, 0) is 49.6 Å². The van der Waals surface area contributed by atoms with E-state index in [1.807, 2.05) is 0 Å². The predicted molar refractivity (Wildman–Crippen MR) is 114 cm³/mol. The Labute approximate surface area is 182 Å². The van der Waals surface area contributed by atoms with Gasteiger partial charge in [-0.1, -0.05) is 11.6 Å². The van der Waals surface area contributed by atoms with Crippen LogP contribution in [-0.4, -0.2) is 30.5 Å². The molecule has 2 heterocycles. The zero-order valence-corrected chi connectivity index (χ0v) is 17.8. The standard InChI is InChI=1S/C22H21ClF3N3O2/c1-30-15-9-13(10-16(12-15)31-2)20-17-5-3-4-8-27-21(17)29(28-20)19-7-6-14(23)11-18(19)22(24,25)26/h6-7,9-12,27H,3-5,8H2,1-2H3. The number of hydrogen-bond donors (Lipinski definition) is 1. The van der Waals surface area contributed by atoms with E-state index in [2.05, 4.69) is 10.4 Å². The minimum Gasteiger partial charge on any atom is -0.497 e. The SMILES string of the molecule is COc1cc(OC)cc(-c2nn(-c3ccc(Cl)cc3C(F)(F)F)c3c2CCCCN3)c1. The van der Waals surface area contributed by atoms with E-state index in [1.165, 1.54) is 16.8 Å². The molecule has 3 aromatic rings. The summed E-state index contributed by atoms with van der Waals surface area (Å²) < 4.78 is 53.5. The van der Waals surface area contributed by atoms with E-state index >= 15 is 0 Å². The molecule has 31 heavy (non-hydrogen) atoms. The summed E-state index contributed by atoms with van der Waals surface area (Å²) in [4.78, 5) is 0.